The van der Waals surface area contributed by atoms with Crippen molar-refractivity contribution in [2.75, 3.05) is 6.54 Å². The minimum Gasteiger partial charge on any atom is -0.481 e. The second-order valence-electron chi connectivity index (χ2n) is 3.39. The average Bonchev–Trinajstić information content (AvgIpc) is 2.15. The fourth-order valence-electron chi connectivity index (χ4n) is 1.08. The second kappa shape index (κ2) is 6.34. The molecule has 0 aliphatic heterocycles. The maximum Gasteiger partial charge on any atom is 0.471 e. The molecule has 0 bridgehead atoms. The zero-order valence-corrected chi connectivity index (χ0v) is 8.80. The van der Waals surface area contributed by atoms with Crippen molar-refractivity contribution < 1.29 is 27.9 Å². The molecule has 94 valence electrons. The van der Waals surface area contributed by atoms with E-state index < -0.39 is 30.5 Å². The Morgan fingerprint density at radius 3 is 2.31 bits per heavy atom. The molecule has 0 saturated heterocycles. The van der Waals surface area contributed by atoms with Gasteiger partial charge in [-0.25, -0.2) is 0 Å². The maximum absolute atomic E-state index is 11.8. The van der Waals surface area contributed by atoms with Crippen LogP contribution in [-0.4, -0.2) is 29.7 Å². The first-order valence-corrected chi connectivity index (χ1v) is 4.86. The Morgan fingerprint density at radius 1 is 1.38 bits per heavy atom. The monoisotopic (exact) mass is 241 g/mol. The summed E-state index contributed by atoms with van der Waals surface area (Å²) >= 11 is 0. The quantitative estimate of drug-likeness (QED) is 0.741. The lowest BCUT2D eigenvalue weighted by Crippen LogP contribution is -2.40. The highest BCUT2D eigenvalue weighted by Gasteiger charge is 2.38. The van der Waals surface area contributed by atoms with Gasteiger partial charge in [0.25, 0.3) is 0 Å². The molecule has 2 N–H and O–H groups in total. The predicted molar refractivity (Wildman–Crippen MR) is 49.7 cm³/mol. The van der Waals surface area contributed by atoms with Crippen molar-refractivity contribution in [3.05, 3.63) is 0 Å². The number of carboxylic acid groups (broad SMARTS) is 1. The normalized spacial score (nSPS) is 13.2. The number of hydrogen-bond donors (Lipinski definition) is 2. The van der Waals surface area contributed by atoms with E-state index in [1.54, 1.807) is 5.32 Å². The van der Waals surface area contributed by atoms with Crippen LogP contribution in [0.25, 0.3) is 0 Å². The molecule has 1 atom stereocenters. The van der Waals surface area contributed by atoms with Crippen molar-refractivity contribution in [2.24, 2.45) is 5.92 Å². The second-order valence-corrected chi connectivity index (χ2v) is 3.39. The van der Waals surface area contributed by atoms with E-state index in [4.69, 9.17) is 5.11 Å². The standard InChI is InChI=1S/C9H14F3NO3/c1-2-3-4-6(7(14)15)5-13-8(16)9(10,11)12/h6H,2-5H2,1H3,(H,13,16)(H,14,15). The van der Waals surface area contributed by atoms with Crippen LogP contribution in [0.15, 0.2) is 0 Å². The molecule has 0 heterocycles. The van der Waals surface area contributed by atoms with Gasteiger partial charge >= 0.3 is 18.1 Å². The SMILES string of the molecule is CCCCC(CNC(=O)C(F)(F)F)C(=O)O. The highest BCUT2D eigenvalue weighted by atomic mass is 19.4. The van der Waals surface area contributed by atoms with Crippen LogP contribution >= 0.6 is 0 Å². The minimum atomic E-state index is -4.96. The molecule has 0 aromatic carbocycles. The molecule has 0 rings (SSSR count). The highest BCUT2D eigenvalue weighted by Crippen LogP contribution is 2.15. The molecule has 7 heteroatoms. The summed E-state index contributed by atoms with van der Waals surface area (Å²) in [5.74, 6) is -4.27. The molecule has 0 aliphatic carbocycles. The van der Waals surface area contributed by atoms with Crippen molar-refractivity contribution in [2.45, 2.75) is 32.4 Å². The van der Waals surface area contributed by atoms with Gasteiger partial charge < -0.3 is 10.4 Å². The first-order chi connectivity index (χ1) is 7.29. The Hall–Kier alpha value is -1.27. The topological polar surface area (TPSA) is 66.4 Å². The highest BCUT2D eigenvalue weighted by molar-refractivity contribution is 5.82. The van der Waals surface area contributed by atoms with E-state index in [1.165, 1.54) is 0 Å². The summed E-state index contributed by atoms with van der Waals surface area (Å²) < 4.78 is 35.4. The Balaban J connectivity index is 4.12. The van der Waals surface area contributed by atoms with Crippen molar-refractivity contribution in [1.82, 2.24) is 5.32 Å². The summed E-state index contributed by atoms with van der Waals surface area (Å²) in [5.41, 5.74) is 0. The zero-order valence-electron chi connectivity index (χ0n) is 8.80. The Bertz CT molecular complexity index is 253. The molecule has 0 aromatic rings. The van der Waals surface area contributed by atoms with Crippen molar-refractivity contribution in [1.29, 1.82) is 0 Å². The van der Waals surface area contributed by atoms with Crippen LogP contribution in [0.3, 0.4) is 0 Å². The molecule has 0 spiro atoms. The van der Waals surface area contributed by atoms with Crippen LogP contribution in [0.4, 0.5) is 13.2 Å². The number of hydrogen-bond acceptors (Lipinski definition) is 2. The summed E-state index contributed by atoms with van der Waals surface area (Å²) in [6.45, 7) is 1.35. The van der Waals surface area contributed by atoms with Crippen molar-refractivity contribution >= 4 is 11.9 Å². The summed E-state index contributed by atoms with van der Waals surface area (Å²) in [6, 6.07) is 0. The molecule has 0 aromatic heterocycles. The van der Waals surface area contributed by atoms with E-state index in [-0.39, 0.29) is 6.42 Å². The molecular formula is C9H14F3NO3. The Kier molecular flexibility index (Phi) is 5.84. The van der Waals surface area contributed by atoms with E-state index >= 15 is 0 Å². The third-order valence-electron chi connectivity index (χ3n) is 2.02. The van der Waals surface area contributed by atoms with Gasteiger partial charge in [-0.2, -0.15) is 13.2 Å². The van der Waals surface area contributed by atoms with Crippen LogP contribution in [0.2, 0.25) is 0 Å². The van der Waals surface area contributed by atoms with E-state index in [0.29, 0.717) is 6.42 Å². The molecular weight excluding hydrogens is 227 g/mol. The molecule has 0 saturated carbocycles. The van der Waals surface area contributed by atoms with Gasteiger partial charge in [0.2, 0.25) is 0 Å². The number of carbonyl (C=O) groups excluding carboxylic acids is 1. The number of rotatable bonds is 6. The third kappa shape index (κ3) is 5.57. The Labute approximate surface area is 90.8 Å². The van der Waals surface area contributed by atoms with Gasteiger partial charge in [-0.15, -0.1) is 0 Å². The molecule has 0 aliphatic rings. The van der Waals surface area contributed by atoms with Crippen LogP contribution in [0.5, 0.6) is 0 Å². The molecule has 0 fully saturated rings. The van der Waals surface area contributed by atoms with Gasteiger partial charge in [0, 0.05) is 6.54 Å². The lowest BCUT2D eigenvalue weighted by Gasteiger charge is -2.13. The van der Waals surface area contributed by atoms with Gasteiger partial charge in [-0.05, 0) is 6.42 Å². The van der Waals surface area contributed by atoms with Gasteiger partial charge in [0.1, 0.15) is 0 Å². The van der Waals surface area contributed by atoms with Crippen LogP contribution in [0.1, 0.15) is 26.2 Å². The van der Waals surface area contributed by atoms with Gasteiger partial charge in [0.05, 0.1) is 5.92 Å². The minimum absolute atomic E-state index is 0.254. The van der Waals surface area contributed by atoms with Gasteiger partial charge in [0.15, 0.2) is 0 Å². The van der Waals surface area contributed by atoms with Gasteiger partial charge in [-0.1, -0.05) is 19.8 Å². The number of carboxylic acids is 1. The largest absolute Gasteiger partial charge is 0.481 e. The number of amides is 1. The van der Waals surface area contributed by atoms with E-state index in [0.717, 1.165) is 6.42 Å². The van der Waals surface area contributed by atoms with E-state index in [9.17, 15) is 22.8 Å². The number of alkyl halides is 3. The molecule has 16 heavy (non-hydrogen) atoms. The first-order valence-electron chi connectivity index (χ1n) is 4.86. The molecule has 4 nitrogen and oxygen atoms in total. The summed E-state index contributed by atoms with van der Waals surface area (Å²) in [7, 11) is 0. The fourth-order valence-corrected chi connectivity index (χ4v) is 1.08. The van der Waals surface area contributed by atoms with Crippen LogP contribution in [-0.2, 0) is 9.59 Å². The molecule has 1 unspecified atom stereocenters. The summed E-state index contributed by atoms with van der Waals surface area (Å²) in [4.78, 5) is 21.1. The van der Waals surface area contributed by atoms with E-state index in [2.05, 4.69) is 0 Å². The lowest BCUT2D eigenvalue weighted by molar-refractivity contribution is -0.174. The molecule has 1 amide bonds. The Morgan fingerprint density at radius 2 is 1.94 bits per heavy atom. The number of aliphatic carboxylic acids is 1. The number of nitrogens with one attached hydrogen (secondary N) is 1. The maximum atomic E-state index is 11.8. The van der Waals surface area contributed by atoms with Crippen LogP contribution < -0.4 is 5.32 Å². The van der Waals surface area contributed by atoms with Crippen molar-refractivity contribution in [3.63, 3.8) is 0 Å². The summed E-state index contributed by atoms with van der Waals surface area (Å²) in [5, 5.41) is 10.3. The fraction of sp³-hybridized carbons (Fsp3) is 0.778. The predicted octanol–water partition coefficient (Wildman–Crippen LogP) is 1.56. The number of halogens is 3. The lowest BCUT2D eigenvalue weighted by atomic mass is 10.0. The molecule has 0 radical (unpaired) electrons. The first kappa shape index (κ1) is 14.7. The van der Waals surface area contributed by atoms with Crippen LogP contribution in [0, 0.1) is 5.92 Å². The number of unbranched alkanes of at least 4 members (excludes halogenated alkanes) is 1. The van der Waals surface area contributed by atoms with Gasteiger partial charge in [-0.3, -0.25) is 9.59 Å². The average molecular weight is 241 g/mol. The zero-order chi connectivity index (χ0) is 12.8. The smallest absolute Gasteiger partial charge is 0.471 e. The van der Waals surface area contributed by atoms with Crippen molar-refractivity contribution in [3.8, 4) is 0 Å². The third-order valence-corrected chi connectivity index (χ3v) is 2.02. The van der Waals surface area contributed by atoms with E-state index in [1.807, 2.05) is 6.92 Å². The number of carbonyl (C=O) groups is 2. The summed E-state index contributed by atoms with van der Waals surface area (Å²) in [6.07, 6.45) is -3.37.